The van der Waals surface area contributed by atoms with Crippen LogP contribution in [-0.4, -0.2) is 18.9 Å². The molecule has 0 saturated carbocycles. The first-order chi connectivity index (χ1) is 8.99. The lowest BCUT2D eigenvalue weighted by Gasteiger charge is -2.12. The topological polar surface area (TPSA) is 38.3 Å². The summed E-state index contributed by atoms with van der Waals surface area (Å²) in [6.45, 7) is -1.83. The molecule has 10 heteroatoms. The van der Waals surface area contributed by atoms with Crippen molar-refractivity contribution in [2.45, 2.75) is 12.4 Å². The second-order valence-electron chi connectivity index (χ2n) is 3.51. The second-order valence-corrected chi connectivity index (χ2v) is 4.36. The Balaban J connectivity index is 2.77. The Morgan fingerprint density at radius 1 is 1.20 bits per heavy atom. The minimum absolute atomic E-state index is 0.265. The standard InChI is InChI=1S/C10H6BrF6NO2/c11-7-2-1-5(3-6(7)10(15,16)17)18-8(19)20-4-9(12,13)14/h1-3H,4H2,(H,18,19). The zero-order valence-electron chi connectivity index (χ0n) is 9.40. The van der Waals surface area contributed by atoms with E-state index in [-0.39, 0.29) is 10.2 Å². The summed E-state index contributed by atoms with van der Waals surface area (Å²) < 4.78 is 76.5. The molecule has 1 aromatic carbocycles. The maximum atomic E-state index is 12.5. The number of anilines is 1. The van der Waals surface area contributed by atoms with Crippen molar-refractivity contribution >= 4 is 27.7 Å². The van der Waals surface area contributed by atoms with E-state index < -0.39 is 30.6 Å². The van der Waals surface area contributed by atoms with Crippen molar-refractivity contribution in [3.63, 3.8) is 0 Å². The van der Waals surface area contributed by atoms with Crippen LogP contribution in [0.2, 0.25) is 0 Å². The Morgan fingerprint density at radius 2 is 1.80 bits per heavy atom. The van der Waals surface area contributed by atoms with Crippen LogP contribution in [0.3, 0.4) is 0 Å². The molecular formula is C10H6BrF6NO2. The largest absolute Gasteiger partial charge is 0.440 e. The van der Waals surface area contributed by atoms with Crippen molar-refractivity contribution in [3.8, 4) is 0 Å². The van der Waals surface area contributed by atoms with E-state index >= 15 is 0 Å². The summed E-state index contributed by atoms with van der Waals surface area (Å²) in [5.74, 6) is 0. The van der Waals surface area contributed by atoms with Gasteiger partial charge >= 0.3 is 18.4 Å². The summed E-state index contributed by atoms with van der Waals surface area (Å²) in [6.07, 6.45) is -10.9. The molecule has 20 heavy (non-hydrogen) atoms. The molecule has 0 fully saturated rings. The van der Waals surface area contributed by atoms with Crippen LogP contribution in [0.15, 0.2) is 22.7 Å². The van der Waals surface area contributed by atoms with Crippen LogP contribution in [0.25, 0.3) is 0 Å². The van der Waals surface area contributed by atoms with E-state index in [9.17, 15) is 31.1 Å². The predicted molar refractivity (Wildman–Crippen MR) is 60.2 cm³/mol. The quantitative estimate of drug-likeness (QED) is 0.779. The van der Waals surface area contributed by atoms with Gasteiger partial charge in [0.05, 0.1) is 5.56 Å². The molecule has 0 atom stereocenters. The molecule has 1 rings (SSSR count). The highest BCUT2D eigenvalue weighted by Gasteiger charge is 2.33. The van der Waals surface area contributed by atoms with Gasteiger partial charge in [0.2, 0.25) is 0 Å². The van der Waals surface area contributed by atoms with Gasteiger partial charge in [-0.05, 0) is 18.2 Å². The van der Waals surface area contributed by atoms with Gasteiger partial charge in [-0.1, -0.05) is 15.9 Å². The van der Waals surface area contributed by atoms with Crippen LogP contribution in [0.4, 0.5) is 36.8 Å². The highest BCUT2D eigenvalue weighted by atomic mass is 79.9. The molecule has 0 saturated heterocycles. The Hall–Kier alpha value is -1.45. The number of benzene rings is 1. The normalized spacial score (nSPS) is 12.2. The van der Waals surface area contributed by atoms with Gasteiger partial charge in [-0.2, -0.15) is 26.3 Å². The summed E-state index contributed by atoms with van der Waals surface area (Å²) in [4.78, 5) is 11.0. The Labute approximate surface area is 117 Å². The predicted octanol–water partition coefficient (Wildman–Crippen LogP) is 4.58. The van der Waals surface area contributed by atoms with E-state index in [1.165, 1.54) is 0 Å². The number of carbonyl (C=O) groups excluding carboxylic acids is 1. The third-order valence-corrected chi connectivity index (χ3v) is 2.58. The van der Waals surface area contributed by atoms with Gasteiger partial charge in [-0.3, -0.25) is 5.32 Å². The number of nitrogens with one attached hydrogen (secondary N) is 1. The SMILES string of the molecule is O=C(Nc1ccc(Br)c(C(F)(F)F)c1)OCC(F)(F)F. The van der Waals surface area contributed by atoms with Gasteiger partial charge in [-0.25, -0.2) is 4.79 Å². The molecule has 1 aromatic rings. The van der Waals surface area contributed by atoms with Crippen LogP contribution in [0.1, 0.15) is 5.56 Å². The summed E-state index contributed by atoms with van der Waals surface area (Å²) in [5, 5.41) is 1.77. The maximum absolute atomic E-state index is 12.5. The van der Waals surface area contributed by atoms with Crippen molar-refractivity contribution in [3.05, 3.63) is 28.2 Å². The van der Waals surface area contributed by atoms with Gasteiger partial charge in [0, 0.05) is 10.2 Å². The molecule has 0 unspecified atom stereocenters. The van der Waals surface area contributed by atoms with E-state index in [4.69, 9.17) is 0 Å². The summed E-state index contributed by atoms with van der Waals surface area (Å²) in [6, 6.07) is 2.65. The van der Waals surface area contributed by atoms with E-state index in [1.807, 2.05) is 0 Å². The summed E-state index contributed by atoms with van der Waals surface area (Å²) in [7, 11) is 0. The molecule has 0 aromatic heterocycles. The van der Waals surface area contributed by atoms with Crippen LogP contribution in [0, 0.1) is 0 Å². The molecule has 1 N–H and O–H groups in total. The van der Waals surface area contributed by atoms with Crippen molar-refractivity contribution in [1.82, 2.24) is 0 Å². The van der Waals surface area contributed by atoms with E-state index in [0.717, 1.165) is 12.1 Å². The van der Waals surface area contributed by atoms with Crippen molar-refractivity contribution in [2.24, 2.45) is 0 Å². The fourth-order valence-electron chi connectivity index (χ4n) is 1.12. The van der Waals surface area contributed by atoms with Crippen LogP contribution >= 0.6 is 15.9 Å². The molecule has 0 bridgehead atoms. The molecule has 0 aliphatic carbocycles. The first kappa shape index (κ1) is 16.6. The average molecular weight is 366 g/mol. The fraction of sp³-hybridized carbons (Fsp3) is 0.300. The highest BCUT2D eigenvalue weighted by Crippen LogP contribution is 2.36. The Bertz CT molecular complexity index is 500. The monoisotopic (exact) mass is 365 g/mol. The number of halogens is 7. The number of alkyl halides is 6. The lowest BCUT2D eigenvalue weighted by molar-refractivity contribution is -0.159. The molecule has 0 aliphatic rings. The number of ether oxygens (including phenoxy) is 1. The van der Waals surface area contributed by atoms with Crippen molar-refractivity contribution in [2.75, 3.05) is 11.9 Å². The second kappa shape index (κ2) is 5.90. The third kappa shape index (κ3) is 5.27. The van der Waals surface area contributed by atoms with Gasteiger partial charge in [0.15, 0.2) is 6.61 Å². The zero-order valence-corrected chi connectivity index (χ0v) is 11.0. The van der Waals surface area contributed by atoms with Crippen molar-refractivity contribution < 1.29 is 35.9 Å². The molecule has 0 aliphatic heterocycles. The average Bonchev–Trinajstić information content (AvgIpc) is 2.27. The number of amides is 1. The minimum atomic E-state index is -4.71. The zero-order chi connectivity index (χ0) is 15.6. The molecule has 112 valence electrons. The Morgan fingerprint density at radius 3 is 2.30 bits per heavy atom. The van der Waals surface area contributed by atoms with E-state index in [0.29, 0.717) is 6.07 Å². The smallest absolute Gasteiger partial charge is 0.422 e. The fourth-order valence-corrected chi connectivity index (χ4v) is 1.59. The molecule has 0 radical (unpaired) electrons. The lowest BCUT2D eigenvalue weighted by Crippen LogP contribution is -2.23. The van der Waals surface area contributed by atoms with Crippen LogP contribution in [0.5, 0.6) is 0 Å². The molecule has 0 spiro atoms. The number of carbonyl (C=O) groups is 1. The summed E-state index contributed by atoms with van der Waals surface area (Å²) in [5.41, 5.74) is -1.42. The molecular weight excluding hydrogens is 360 g/mol. The first-order valence-electron chi connectivity index (χ1n) is 4.86. The molecule has 1 amide bonds. The molecule has 3 nitrogen and oxygen atoms in total. The van der Waals surface area contributed by atoms with Crippen LogP contribution in [-0.2, 0) is 10.9 Å². The van der Waals surface area contributed by atoms with Crippen LogP contribution < -0.4 is 5.32 Å². The first-order valence-corrected chi connectivity index (χ1v) is 5.65. The minimum Gasteiger partial charge on any atom is -0.440 e. The van der Waals surface area contributed by atoms with Crippen molar-refractivity contribution in [1.29, 1.82) is 0 Å². The molecule has 0 heterocycles. The maximum Gasteiger partial charge on any atom is 0.422 e. The van der Waals surface area contributed by atoms with Gasteiger partial charge in [-0.15, -0.1) is 0 Å². The van der Waals surface area contributed by atoms with E-state index in [1.54, 1.807) is 5.32 Å². The number of rotatable bonds is 2. The Kier molecular flexibility index (Phi) is 4.90. The number of hydrogen-bond donors (Lipinski definition) is 1. The highest BCUT2D eigenvalue weighted by molar-refractivity contribution is 9.10. The van der Waals surface area contributed by atoms with Gasteiger partial charge in [0.1, 0.15) is 0 Å². The van der Waals surface area contributed by atoms with Gasteiger partial charge < -0.3 is 4.74 Å². The van der Waals surface area contributed by atoms with E-state index in [2.05, 4.69) is 20.7 Å². The lowest BCUT2D eigenvalue weighted by atomic mass is 10.2. The summed E-state index contributed by atoms with van der Waals surface area (Å²) >= 11 is 2.68. The number of hydrogen-bond acceptors (Lipinski definition) is 2. The third-order valence-electron chi connectivity index (χ3n) is 1.89. The van der Waals surface area contributed by atoms with Gasteiger partial charge in [0.25, 0.3) is 0 Å².